The number of furan rings is 1. The normalized spacial score (nSPS) is 10.6. The van der Waals surface area contributed by atoms with Crippen LogP contribution < -0.4 is 20.3 Å². The highest BCUT2D eigenvalue weighted by molar-refractivity contribution is 6.12. The lowest BCUT2D eigenvalue weighted by atomic mass is 10.1. The van der Waals surface area contributed by atoms with Crippen LogP contribution in [0.5, 0.6) is 11.5 Å². The molecule has 0 bridgehead atoms. The number of aryl methyl sites for hydroxylation is 1. The van der Waals surface area contributed by atoms with Gasteiger partial charge in [0.05, 0.1) is 26.1 Å². The number of aromatic nitrogens is 2. The van der Waals surface area contributed by atoms with Crippen LogP contribution in [0.1, 0.15) is 16.1 Å². The third kappa shape index (κ3) is 2.69. The molecule has 8 heteroatoms. The van der Waals surface area contributed by atoms with Crippen molar-refractivity contribution in [3.05, 3.63) is 46.2 Å². The average molecular weight is 329 g/mol. The zero-order chi connectivity index (χ0) is 17.3. The third-order valence-corrected chi connectivity index (χ3v) is 3.51. The number of fused-ring (bicyclic) bond motifs is 1. The third-order valence-electron chi connectivity index (χ3n) is 3.51. The van der Waals surface area contributed by atoms with Gasteiger partial charge in [0.2, 0.25) is 5.71 Å². The number of hydrogen-bond donors (Lipinski definition) is 2. The van der Waals surface area contributed by atoms with Gasteiger partial charge in [-0.15, -0.1) is 0 Å². The molecule has 0 atom stereocenters. The Bertz CT molecular complexity index is 951. The Morgan fingerprint density at radius 3 is 2.50 bits per heavy atom. The summed E-state index contributed by atoms with van der Waals surface area (Å²) < 4.78 is 15.7. The van der Waals surface area contributed by atoms with Crippen LogP contribution in [0.4, 0.5) is 5.69 Å². The summed E-state index contributed by atoms with van der Waals surface area (Å²) in [5, 5.41) is 2.83. The lowest BCUT2D eigenvalue weighted by molar-refractivity contribution is 0.102. The molecule has 2 heterocycles. The molecule has 2 aromatic heterocycles. The number of carbonyl (C=O) groups is 1. The fourth-order valence-corrected chi connectivity index (χ4v) is 2.40. The van der Waals surface area contributed by atoms with E-state index in [2.05, 4.69) is 15.3 Å². The number of aromatic amines is 1. The number of carbonyl (C=O) groups excluding carboxylic acids is 1. The minimum absolute atomic E-state index is 0.113. The van der Waals surface area contributed by atoms with E-state index < -0.39 is 11.5 Å². The molecule has 24 heavy (non-hydrogen) atoms. The van der Waals surface area contributed by atoms with Gasteiger partial charge in [0.25, 0.3) is 11.5 Å². The molecule has 0 saturated heterocycles. The average Bonchev–Trinajstić information content (AvgIpc) is 2.91. The molecule has 0 saturated carbocycles. The van der Waals surface area contributed by atoms with Gasteiger partial charge >= 0.3 is 0 Å². The second-order valence-electron chi connectivity index (χ2n) is 5.00. The first-order chi connectivity index (χ1) is 11.5. The van der Waals surface area contributed by atoms with Crippen LogP contribution in [0, 0.1) is 6.92 Å². The lowest BCUT2D eigenvalue weighted by Crippen LogP contribution is -2.16. The fraction of sp³-hybridized carbons (Fsp3) is 0.188. The molecule has 124 valence electrons. The molecule has 3 aromatic rings. The summed E-state index contributed by atoms with van der Waals surface area (Å²) in [5.74, 6) is 0.873. The van der Waals surface area contributed by atoms with Crippen molar-refractivity contribution in [1.82, 2.24) is 9.97 Å². The molecule has 0 radical (unpaired) electrons. The Morgan fingerprint density at radius 2 is 1.88 bits per heavy atom. The predicted octanol–water partition coefficient (Wildman–Crippen LogP) is 2.09. The van der Waals surface area contributed by atoms with Crippen molar-refractivity contribution in [2.24, 2.45) is 0 Å². The summed E-state index contributed by atoms with van der Waals surface area (Å²) in [7, 11) is 3.03. The molecule has 8 nitrogen and oxygen atoms in total. The Labute approximate surface area is 136 Å². The molecular weight excluding hydrogens is 314 g/mol. The number of anilines is 1. The molecule has 0 fully saturated rings. The number of benzene rings is 1. The van der Waals surface area contributed by atoms with E-state index in [-0.39, 0.29) is 16.7 Å². The molecule has 0 unspecified atom stereocenters. The van der Waals surface area contributed by atoms with Crippen molar-refractivity contribution in [1.29, 1.82) is 0 Å². The van der Waals surface area contributed by atoms with E-state index in [1.807, 2.05) is 0 Å². The van der Waals surface area contributed by atoms with E-state index in [1.165, 1.54) is 20.5 Å². The standard InChI is InChI=1S/C16H15N3O5/c1-8-12(13-14(20)17-7-18-16(13)24-8)15(21)19-9-4-10(22-2)6-11(5-9)23-3/h4-7H,1-3H3,(H,19,21)(H,17,18,20). The second-order valence-corrected chi connectivity index (χ2v) is 5.00. The van der Waals surface area contributed by atoms with Crippen LogP contribution in [-0.2, 0) is 0 Å². The number of nitrogens with one attached hydrogen (secondary N) is 2. The van der Waals surface area contributed by atoms with Crippen molar-refractivity contribution in [2.75, 3.05) is 19.5 Å². The van der Waals surface area contributed by atoms with Crippen LogP contribution in [-0.4, -0.2) is 30.1 Å². The van der Waals surface area contributed by atoms with Crippen molar-refractivity contribution < 1.29 is 18.7 Å². The molecule has 0 aliphatic carbocycles. The van der Waals surface area contributed by atoms with Crippen LogP contribution in [0.2, 0.25) is 0 Å². The molecule has 1 aromatic carbocycles. The van der Waals surface area contributed by atoms with Crippen molar-refractivity contribution in [2.45, 2.75) is 6.92 Å². The quantitative estimate of drug-likeness (QED) is 0.759. The Balaban J connectivity index is 2.02. The molecule has 0 spiro atoms. The zero-order valence-corrected chi connectivity index (χ0v) is 13.3. The van der Waals surface area contributed by atoms with Crippen LogP contribution in [0.3, 0.4) is 0 Å². The van der Waals surface area contributed by atoms with E-state index in [1.54, 1.807) is 25.1 Å². The van der Waals surface area contributed by atoms with E-state index >= 15 is 0 Å². The Hall–Kier alpha value is -3.29. The summed E-state index contributed by atoms with van der Waals surface area (Å²) in [5.41, 5.74) is 0.279. The van der Waals surface area contributed by atoms with Crippen LogP contribution in [0.15, 0.2) is 33.7 Å². The van der Waals surface area contributed by atoms with Gasteiger partial charge < -0.3 is 24.2 Å². The second kappa shape index (κ2) is 6.07. The van der Waals surface area contributed by atoms with E-state index in [0.717, 1.165) is 0 Å². The summed E-state index contributed by atoms with van der Waals surface area (Å²) >= 11 is 0. The SMILES string of the molecule is COc1cc(NC(=O)c2c(C)oc3nc[nH]c(=O)c23)cc(OC)c1. The number of methoxy groups -OCH3 is 2. The van der Waals surface area contributed by atoms with Crippen LogP contribution in [0.25, 0.3) is 11.1 Å². The number of rotatable bonds is 4. The molecular formula is C16H15N3O5. The van der Waals surface area contributed by atoms with E-state index in [4.69, 9.17) is 13.9 Å². The van der Waals surface area contributed by atoms with Gasteiger partial charge in [0.15, 0.2) is 0 Å². The molecule has 0 aliphatic heterocycles. The number of H-pyrrole nitrogens is 1. The van der Waals surface area contributed by atoms with Gasteiger partial charge in [-0.2, -0.15) is 0 Å². The molecule has 1 amide bonds. The highest BCUT2D eigenvalue weighted by Gasteiger charge is 2.22. The predicted molar refractivity (Wildman–Crippen MR) is 86.9 cm³/mol. The maximum atomic E-state index is 12.6. The summed E-state index contributed by atoms with van der Waals surface area (Å²) in [4.78, 5) is 31.0. The van der Waals surface area contributed by atoms with Gasteiger partial charge in [0, 0.05) is 23.9 Å². The van der Waals surface area contributed by atoms with Gasteiger partial charge in [-0.3, -0.25) is 9.59 Å². The summed E-state index contributed by atoms with van der Waals surface area (Å²) in [6, 6.07) is 4.96. The first kappa shape index (κ1) is 15.6. The monoisotopic (exact) mass is 329 g/mol. The largest absolute Gasteiger partial charge is 0.497 e. The molecule has 2 N–H and O–H groups in total. The lowest BCUT2D eigenvalue weighted by Gasteiger charge is -2.09. The number of nitrogens with zero attached hydrogens (tertiary/aromatic N) is 1. The van der Waals surface area contributed by atoms with Crippen LogP contribution >= 0.6 is 0 Å². The zero-order valence-electron chi connectivity index (χ0n) is 13.3. The maximum Gasteiger partial charge on any atom is 0.262 e. The van der Waals surface area contributed by atoms with Gasteiger partial charge in [-0.25, -0.2) is 4.98 Å². The number of hydrogen-bond acceptors (Lipinski definition) is 6. The Morgan fingerprint density at radius 1 is 1.21 bits per heavy atom. The van der Waals surface area contributed by atoms with E-state index in [9.17, 15) is 9.59 Å². The van der Waals surface area contributed by atoms with Crippen molar-refractivity contribution in [3.8, 4) is 11.5 Å². The highest BCUT2D eigenvalue weighted by atomic mass is 16.5. The summed E-state index contributed by atoms with van der Waals surface area (Å²) in [6.07, 6.45) is 1.22. The highest BCUT2D eigenvalue weighted by Crippen LogP contribution is 2.27. The minimum atomic E-state index is -0.486. The van der Waals surface area contributed by atoms with Gasteiger partial charge in [-0.05, 0) is 6.92 Å². The Kier molecular flexibility index (Phi) is 3.95. The topological polar surface area (TPSA) is 106 Å². The fourth-order valence-electron chi connectivity index (χ4n) is 2.40. The summed E-state index contributed by atoms with van der Waals surface area (Å²) in [6.45, 7) is 1.60. The van der Waals surface area contributed by atoms with E-state index in [0.29, 0.717) is 22.9 Å². The first-order valence-electron chi connectivity index (χ1n) is 7.04. The van der Waals surface area contributed by atoms with Crippen molar-refractivity contribution in [3.63, 3.8) is 0 Å². The van der Waals surface area contributed by atoms with Crippen molar-refractivity contribution >= 4 is 22.7 Å². The van der Waals surface area contributed by atoms with Gasteiger partial charge in [-0.1, -0.05) is 0 Å². The smallest absolute Gasteiger partial charge is 0.262 e. The van der Waals surface area contributed by atoms with Gasteiger partial charge in [0.1, 0.15) is 22.6 Å². The number of amides is 1. The molecule has 3 rings (SSSR count). The molecule has 0 aliphatic rings. The first-order valence-corrected chi connectivity index (χ1v) is 7.04. The number of ether oxygens (including phenoxy) is 2. The minimum Gasteiger partial charge on any atom is -0.497 e. The maximum absolute atomic E-state index is 12.6.